The molecule has 1 atom stereocenters. The van der Waals surface area contributed by atoms with Gasteiger partial charge in [-0.1, -0.05) is 0 Å². The summed E-state index contributed by atoms with van der Waals surface area (Å²) in [4.78, 5) is 5.39. The van der Waals surface area contributed by atoms with Crippen LogP contribution in [-0.4, -0.2) is 61.7 Å². The molecule has 3 heterocycles. The van der Waals surface area contributed by atoms with Crippen molar-refractivity contribution in [2.75, 3.05) is 45.8 Å². The van der Waals surface area contributed by atoms with E-state index >= 15 is 0 Å². The molecule has 1 unspecified atom stereocenters. The van der Waals surface area contributed by atoms with Gasteiger partial charge in [0.1, 0.15) is 0 Å². The van der Waals surface area contributed by atoms with E-state index in [4.69, 9.17) is 0 Å². The van der Waals surface area contributed by atoms with Gasteiger partial charge in [-0.2, -0.15) is 0 Å². The normalized spacial score (nSPS) is 32.3. The zero-order chi connectivity index (χ0) is 12.2. The lowest BCUT2D eigenvalue weighted by Crippen LogP contribution is -2.43. The minimum absolute atomic E-state index is 0.792. The number of rotatable bonds is 4. The van der Waals surface area contributed by atoms with Crippen LogP contribution in [0.5, 0.6) is 0 Å². The summed E-state index contributed by atoms with van der Waals surface area (Å²) >= 11 is 0. The van der Waals surface area contributed by atoms with E-state index in [1.54, 1.807) is 0 Å². The van der Waals surface area contributed by atoms with Crippen LogP contribution in [0.3, 0.4) is 0 Å². The molecule has 0 bridgehead atoms. The number of nitrogens with zero attached hydrogens (tertiary/aromatic N) is 2. The van der Waals surface area contributed by atoms with Crippen molar-refractivity contribution in [2.45, 2.75) is 44.6 Å². The number of likely N-dealkylation sites (tertiary alicyclic amines) is 2. The Morgan fingerprint density at radius 3 is 2.17 bits per heavy atom. The minimum atomic E-state index is 0.792. The lowest BCUT2D eigenvalue weighted by atomic mass is 9.96. The van der Waals surface area contributed by atoms with Gasteiger partial charge in [-0.05, 0) is 77.2 Å². The molecule has 3 heteroatoms. The maximum absolute atomic E-state index is 3.62. The van der Waals surface area contributed by atoms with Crippen LogP contribution in [0.15, 0.2) is 0 Å². The van der Waals surface area contributed by atoms with E-state index in [2.05, 4.69) is 15.1 Å². The average Bonchev–Trinajstić information content (AvgIpc) is 3.05. The molecule has 0 amide bonds. The summed E-state index contributed by atoms with van der Waals surface area (Å²) < 4.78 is 0. The Morgan fingerprint density at radius 1 is 0.778 bits per heavy atom. The Hall–Kier alpha value is -0.120. The zero-order valence-electron chi connectivity index (χ0n) is 11.7. The highest BCUT2D eigenvalue weighted by molar-refractivity contribution is 4.82. The number of hydrogen-bond donors (Lipinski definition) is 1. The minimum Gasteiger partial charge on any atom is -0.313 e. The third-order valence-electron chi connectivity index (χ3n) is 5.06. The standard InChI is InChI=1S/C15H29N3/c1-2-9-17(8-1)12-14-5-10-18(11-6-14)13-15-4-3-7-16-15/h14-16H,1-13H2. The van der Waals surface area contributed by atoms with Crippen LogP contribution < -0.4 is 5.32 Å². The Labute approximate surface area is 112 Å². The second-order valence-corrected chi connectivity index (χ2v) is 6.54. The van der Waals surface area contributed by atoms with Crippen LogP contribution in [0.2, 0.25) is 0 Å². The van der Waals surface area contributed by atoms with Crippen LogP contribution >= 0.6 is 0 Å². The molecule has 18 heavy (non-hydrogen) atoms. The Bertz CT molecular complexity index is 210. The number of hydrogen-bond acceptors (Lipinski definition) is 3. The Kier molecular flexibility index (Phi) is 4.55. The molecule has 104 valence electrons. The molecule has 0 aromatic carbocycles. The molecule has 3 nitrogen and oxygen atoms in total. The molecule has 3 aliphatic rings. The van der Waals surface area contributed by atoms with E-state index in [0.717, 1.165) is 12.0 Å². The smallest absolute Gasteiger partial charge is 0.0195 e. The van der Waals surface area contributed by atoms with Gasteiger partial charge in [0.2, 0.25) is 0 Å². The van der Waals surface area contributed by atoms with Crippen LogP contribution in [0.1, 0.15) is 38.5 Å². The Morgan fingerprint density at radius 2 is 1.50 bits per heavy atom. The van der Waals surface area contributed by atoms with E-state index in [9.17, 15) is 0 Å². The second kappa shape index (κ2) is 6.36. The molecule has 0 saturated carbocycles. The van der Waals surface area contributed by atoms with Crippen LogP contribution in [0.4, 0.5) is 0 Å². The van der Waals surface area contributed by atoms with E-state index in [1.165, 1.54) is 84.3 Å². The maximum Gasteiger partial charge on any atom is 0.0195 e. The molecule has 1 N–H and O–H groups in total. The Balaban J connectivity index is 1.35. The highest BCUT2D eigenvalue weighted by Crippen LogP contribution is 2.21. The van der Waals surface area contributed by atoms with Gasteiger partial charge in [-0.25, -0.2) is 0 Å². The lowest BCUT2D eigenvalue weighted by Gasteiger charge is -2.35. The van der Waals surface area contributed by atoms with Crippen molar-refractivity contribution in [1.82, 2.24) is 15.1 Å². The van der Waals surface area contributed by atoms with Crippen LogP contribution in [-0.2, 0) is 0 Å². The summed E-state index contributed by atoms with van der Waals surface area (Å²) in [6.07, 6.45) is 8.52. The number of nitrogens with one attached hydrogen (secondary N) is 1. The van der Waals surface area contributed by atoms with Crippen molar-refractivity contribution >= 4 is 0 Å². The summed E-state index contributed by atoms with van der Waals surface area (Å²) in [5, 5.41) is 3.62. The molecule has 0 aromatic heterocycles. The van der Waals surface area contributed by atoms with Gasteiger partial charge in [-0.15, -0.1) is 0 Å². The zero-order valence-corrected chi connectivity index (χ0v) is 11.7. The fraction of sp³-hybridized carbons (Fsp3) is 1.00. The first-order chi connectivity index (χ1) is 8.90. The average molecular weight is 251 g/mol. The first-order valence-corrected chi connectivity index (χ1v) is 8.08. The second-order valence-electron chi connectivity index (χ2n) is 6.54. The molecule has 3 rings (SSSR count). The topological polar surface area (TPSA) is 18.5 Å². The molecule has 3 saturated heterocycles. The van der Waals surface area contributed by atoms with Crippen LogP contribution in [0, 0.1) is 5.92 Å². The first-order valence-electron chi connectivity index (χ1n) is 8.08. The summed E-state index contributed by atoms with van der Waals surface area (Å²) in [6, 6.07) is 0.792. The molecule has 3 fully saturated rings. The van der Waals surface area contributed by atoms with E-state index in [1.807, 2.05) is 0 Å². The van der Waals surface area contributed by atoms with Gasteiger partial charge in [0.05, 0.1) is 0 Å². The van der Waals surface area contributed by atoms with E-state index in [0.29, 0.717) is 0 Å². The monoisotopic (exact) mass is 251 g/mol. The fourth-order valence-corrected chi connectivity index (χ4v) is 3.91. The first kappa shape index (κ1) is 12.9. The van der Waals surface area contributed by atoms with Crippen molar-refractivity contribution in [1.29, 1.82) is 0 Å². The van der Waals surface area contributed by atoms with Gasteiger partial charge in [0.15, 0.2) is 0 Å². The van der Waals surface area contributed by atoms with Crippen molar-refractivity contribution in [3.05, 3.63) is 0 Å². The SMILES string of the molecule is C1CNC(CN2CCC(CN3CCCC3)CC2)C1. The van der Waals surface area contributed by atoms with Gasteiger partial charge >= 0.3 is 0 Å². The fourth-order valence-electron chi connectivity index (χ4n) is 3.91. The third-order valence-corrected chi connectivity index (χ3v) is 5.06. The van der Waals surface area contributed by atoms with Gasteiger partial charge in [0, 0.05) is 19.1 Å². The van der Waals surface area contributed by atoms with Gasteiger partial charge < -0.3 is 15.1 Å². The van der Waals surface area contributed by atoms with Crippen molar-refractivity contribution in [3.8, 4) is 0 Å². The largest absolute Gasteiger partial charge is 0.313 e. The highest BCUT2D eigenvalue weighted by Gasteiger charge is 2.24. The summed E-state index contributed by atoms with van der Waals surface area (Å²) in [5.41, 5.74) is 0. The number of piperidine rings is 1. The van der Waals surface area contributed by atoms with E-state index < -0.39 is 0 Å². The third kappa shape index (κ3) is 3.46. The van der Waals surface area contributed by atoms with Gasteiger partial charge in [0.25, 0.3) is 0 Å². The lowest BCUT2D eigenvalue weighted by molar-refractivity contribution is 0.146. The summed E-state index contributed by atoms with van der Waals surface area (Å²) in [7, 11) is 0. The molecule has 0 aliphatic carbocycles. The summed E-state index contributed by atoms with van der Waals surface area (Å²) in [6.45, 7) is 9.35. The summed E-state index contributed by atoms with van der Waals surface area (Å²) in [5.74, 6) is 0.982. The van der Waals surface area contributed by atoms with Crippen LogP contribution in [0.25, 0.3) is 0 Å². The molecular formula is C15H29N3. The predicted molar refractivity (Wildman–Crippen MR) is 75.9 cm³/mol. The van der Waals surface area contributed by atoms with Crippen molar-refractivity contribution in [2.24, 2.45) is 5.92 Å². The van der Waals surface area contributed by atoms with E-state index in [-0.39, 0.29) is 0 Å². The van der Waals surface area contributed by atoms with Gasteiger partial charge in [-0.3, -0.25) is 0 Å². The predicted octanol–water partition coefficient (Wildman–Crippen LogP) is 1.55. The molecule has 0 spiro atoms. The molecule has 3 aliphatic heterocycles. The quantitative estimate of drug-likeness (QED) is 0.818. The molecule has 0 radical (unpaired) electrons. The van der Waals surface area contributed by atoms with Crippen molar-refractivity contribution < 1.29 is 0 Å². The maximum atomic E-state index is 3.62. The highest BCUT2D eigenvalue weighted by atomic mass is 15.2. The molecule has 0 aromatic rings. The van der Waals surface area contributed by atoms with Crippen molar-refractivity contribution in [3.63, 3.8) is 0 Å². The molecular weight excluding hydrogens is 222 g/mol.